The fraction of sp³-hybridized carbons (Fsp3) is 0. The van der Waals surface area contributed by atoms with Gasteiger partial charge in [-0.15, -0.1) is 22.7 Å². The highest BCUT2D eigenvalue weighted by Gasteiger charge is 2.11. The zero-order chi connectivity index (χ0) is 21.6. The normalized spacial score (nSPS) is 10.0. The van der Waals surface area contributed by atoms with E-state index in [1.807, 2.05) is 24.3 Å². The van der Waals surface area contributed by atoms with Gasteiger partial charge in [0.15, 0.2) is 0 Å². The van der Waals surface area contributed by atoms with Crippen LogP contribution in [-0.2, 0) is 0 Å². The minimum Gasteiger partial charge on any atom is -0.135 e. The van der Waals surface area contributed by atoms with Crippen LogP contribution in [0, 0.1) is 23.7 Å². The Kier molecular flexibility index (Phi) is 6.00. The summed E-state index contributed by atoms with van der Waals surface area (Å²) in [5, 5.41) is 4.11. The second-order valence-electron chi connectivity index (χ2n) is 7.13. The highest BCUT2D eigenvalue weighted by atomic mass is 32.1. The predicted octanol–water partition coefficient (Wildman–Crippen LogP) is 7.94. The van der Waals surface area contributed by atoms with Gasteiger partial charge in [-0.05, 0) is 57.3 Å². The summed E-state index contributed by atoms with van der Waals surface area (Å²) in [4.78, 5) is 2.12. The second kappa shape index (κ2) is 9.54. The van der Waals surface area contributed by atoms with E-state index in [1.54, 1.807) is 22.7 Å². The summed E-state index contributed by atoms with van der Waals surface area (Å²) in [7, 11) is 0. The molecule has 0 bridgehead atoms. The highest BCUT2D eigenvalue weighted by Crippen LogP contribution is 2.32. The molecule has 3 aromatic carbocycles. The molecular formula is C30H18S2. The Morgan fingerprint density at radius 1 is 0.438 bits per heavy atom. The molecule has 32 heavy (non-hydrogen) atoms. The molecule has 0 spiro atoms. The van der Waals surface area contributed by atoms with Crippen LogP contribution in [0.25, 0.3) is 22.3 Å². The second-order valence-corrected chi connectivity index (χ2v) is 9.03. The topological polar surface area (TPSA) is 0 Å². The van der Waals surface area contributed by atoms with Crippen molar-refractivity contribution in [2.24, 2.45) is 0 Å². The van der Waals surface area contributed by atoms with Crippen molar-refractivity contribution >= 4 is 22.7 Å². The SMILES string of the molecule is C(#Cc1cc(-c2ccccc2)c(C#Cc2cccs2)cc1-c1ccccc1)c1cccs1. The van der Waals surface area contributed by atoms with Gasteiger partial charge in [0.2, 0.25) is 0 Å². The van der Waals surface area contributed by atoms with Gasteiger partial charge in [-0.1, -0.05) is 96.5 Å². The van der Waals surface area contributed by atoms with Gasteiger partial charge >= 0.3 is 0 Å². The molecule has 2 aromatic heterocycles. The third kappa shape index (κ3) is 4.58. The maximum atomic E-state index is 3.44. The van der Waals surface area contributed by atoms with Crippen LogP contribution in [0.3, 0.4) is 0 Å². The molecule has 0 aliphatic carbocycles. The molecule has 2 heterocycles. The Morgan fingerprint density at radius 2 is 0.875 bits per heavy atom. The van der Waals surface area contributed by atoms with E-state index in [2.05, 4.69) is 107 Å². The standard InChI is InChI=1S/C30H18S2/c1-3-9-23(10-4-1)29-21-26(16-18-28-14-8-20-32-28)30(24-11-5-2-6-12-24)22-25(29)15-17-27-13-7-19-31-27/h1-14,19-22H. The molecule has 0 saturated heterocycles. The first-order valence-electron chi connectivity index (χ1n) is 10.3. The monoisotopic (exact) mass is 442 g/mol. The molecule has 0 radical (unpaired) electrons. The van der Waals surface area contributed by atoms with Crippen molar-refractivity contribution in [3.05, 3.63) is 129 Å². The van der Waals surface area contributed by atoms with Gasteiger partial charge in [0.1, 0.15) is 0 Å². The third-order valence-corrected chi connectivity index (χ3v) is 6.58. The fourth-order valence-electron chi connectivity index (χ4n) is 3.48. The average molecular weight is 443 g/mol. The molecule has 0 N–H and O–H groups in total. The molecule has 5 aromatic rings. The van der Waals surface area contributed by atoms with Gasteiger partial charge in [0.25, 0.3) is 0 Å². The van der Waals surface area contributed by atoms with E-state index < -0.39 is 0 Å². The molecular weight excluding hydrogens is 424 g/mol. The summed E-state index contributed by atoms with van der Waals surface area (Å²) in [5.74, 6) is 13.5. The number of hydrogen-bond donors (Lipinski definition) is 0. The molecule has 0 fully saturated rings. The van der Waals surface area contributed by atoms with Crippen LogP contribution < -0.4 is 0 Å². The molecule has 5 rings (SSSR count). The van der Waals surface area contributed by atoms with Crippen molar-refractivity contribution in [1.29, 1.82) is 0 Å². The minimum absolute atomic E-state index is 1.00. The van der Waals surface area contributed by atoms with Gasteiger partial charge in [0.05, 0.1) is 9.75 Å². The van der Waals surface area contributed by atoms with Crippen LogP contribution in [0.15, 0.2) is 108 Å². The summed E-state index contributed by atoms with van der Waals surface area (Å²) in [6.07, 6.45) is 0. The van der Waals surface area contributed by atoms with Crippen molar-refractivity contribution in [1.82, 2.24) is 0 Å². The molecule has 0 amide bonds. The summed E-state index contributed by atoms with van der Waals surface area (Å²) in [6, 6.07) is 33.4. The lowest BCUT2D eigenvalue weighted by Gasteiger charge is -2.12. The quantitative estimate of drug-likeness (QED) is 0.243. The zero-order valence-corrected chi connectivity index (χ0v) is 18.8. The Balaban J connectivity index is 1.73. The van der Waals surface area contributed by atoms with E-state index in [9.17, 15) is 0 Å². The molecule has 0 unspecified atom stereocenters. The van der Waals surface area contributed by atoms with Crippen LogP contribution in [0.2, 0.25) is 0 Å². The van der Waals surface area contributed by atoms with Crippen molar-refractivity contribution in [2.45, 2.75) is 0 Å². The molecule has 150 valence electrons. The lowest BCUT2D eigenvalue weighted by molar-refractivity contribution is 1.53. The van der Waals surface area contributed by atoms with E-state index in [4.69, 9.17) is 0 Å². The first-order chi connectivity index (χ1) is 15.9. The van der Waals surface area contributed by atoms with Crippen molar-refractivity contribution in [3.8, 4) is 45.9 Å². The smallest absolute Gasteiger partial charge is 0.0772 e. The number of thiophene rings is 2. The van der Waals surface area contributed by atoms with Gasteiger partial charge in [-0.2, -0.15) is 0 Å². The Morgan fingerprint density at radius 3 is 1.25 bits per heavy atom. The van der Waals surface area contributed by atoms with E-state index in [0.717, 1.165) is 43.1 Å². The average Bonchev–Trinajstić information content (AvgIpc) is 3.57. The summed E-state index contributed by atoms with van der Waals surface area (Å²) >= 11 is 3.32. The van der Waals surface area contributed by atoms with E-state index in [1.165, 1.54) is 0 Å². The van der Waals surface area contributed by atoms with E-state index in [-0.39, 0.29) is 0 Å². The zero-order valence-electron chi connectivity index (χ0n) is 17.2. The van der Waals surface area contributed by atoms with E-state index in [0.29, 0.717) is 0 Å². The van der Waals surface area contributed by atoms with Gasteiger partial charge in [-0.3, -0.25) is 0 Å². The van der Waals surface area contributed by atoms with Crippen molar-refractivity contribution < 1.29 is 0 Å². The van der Waals surface area contributed by atoms with Crippen LogP contribution in [0.5, 0.6) is 0 Å². The van der Waals surface area contributed by atoms with Crippen LogP contribution in [-0.4, -0.2) is 0 Å². The Hall–Kier alpha value is -3.82. The Bertz CT molecular complexity index is 1320. The summed E-state index contributed by atoms with van der Waals surface area (Å²) < 4.78 is 0. The minimum atomic E-state index is 1.00. The van der Waals surface area contributed by atoms with Gasteiger partial charge in [-0.25, -0.2) is 0 Å². The molecule has 0 saturated carbocycles. The highest BCUT2D eigenvalue weighted by molar-refractivity contribution is 7.10. The molecule has 0 aliphatic rings. The van der Waals surface area contributed by atoms with Gasteiger partial charge in [0, 0.05) is 11.1 Å². The first kappa shape index (κ1) is 20.1. The number of benzene rings is 3. The Labute approximate surface area is 196 Å². The van der Waals surface area contributed by atoms with Crippen molar-refractivity contribution in [3.63, 3.8) is 0 Å². The predicted molar refractivity (Wildman–Crippen MR) is 138 cm³/mol. The maximum absolute atomic E-state index is 3.44. The van der Waals surface area contributed by atoms with E-state index >= 15 is 0 Å². The van der Waals surface area contributed by atoms with Gasteiger partial charge < -0.3 is 0 Å². The molecule has 2 heteroatoms. The number of hydrogen-bond acceptors (Lipinski definition) is 2. The first-order valence-corrected chi connectivity index (χ1v) is 12.0. The van der Waals surface area contributed by atoms with Crippen molar-refractivity contribution in [2.75, 3.05) is 0 Å². The third-order valence-electron chi connectivity index (χ3n) is 5.01. The fourth-order valence-corrected chi connectivity index (χ4v) is 4.62. The maximum Gasteiger partial charge on any atom is 0.0772 e. The molecule has 0 aliphatic heterocycles. The number of rotatable bonds is 2. The van der Waals surface area contributed by atoms with Crippen LogP contribution >= 0.6 is 22.7 Å². The lowest BCUT2D eigenvalue weighted by atomic mass is 9.91. The summed E-state index contributed by atoms with van der Waals surface area (Å²) in [5.41, 5.74) is 6.49. The van der Waals surface area contributed by atoms with Crippen LogP contribution in [0.1, 0.15) is 20.9 Å². The largest absolute Gasteiger partial charge is 0.135 e. The van der Waals surface area contributed by atoms with Crippen LogP contribution in [0.4, 0.5) is 0 Å². The molecule has 0 nitrogen and oxygen atoms in total. The molecule has 0 atom stereocenters. The summed E-state index contributed by atoms with van der Waals surface area (Å²) in [6.45, 7) is 0. The lowest BCUT2D eigenvalue weighted by Crippen LogP contribution is -1.92.